The molecule has 19 heavy (non-hydrogen) atoms. The van der Waals surface area contributed by atoms with E-state index in [0.29, 0.717) is 22.2 Å². The van der Waals surface area contributed by atoms with Gasteiger partial charge in [-0.2, -0.15) is 0 Å². The lowest BCUT2D eigenvalue weighted by Crippen LogP contribution is -2.00. The Morgan fingerprint density at radius 1 is 1.11 bits per heavy atom. The van der Waals surface area contributed by atoms with Crippen molar-refractivity contribution < 1.29 is 4.39 Å². The van der Waals surface area contributed by atoms with Gasteiger partial charge in [0.05, 0.1) is 21.7 Å². The quantitative estimate of drug-likeness (QED) is 0.736. The molecule has 3 rings (SSSR count). The Bertz CT molecular complexity index is 783. The van der Waals surface area contributed by atoms with Crippen LogP contribution in [-0.2, 0) is 0 Å². The number of aromatic nitrogens is 2. The molecule has 0 saturated carbocycles. The molecule has 0 spiro atoms. The van der Waals surface area contributed by atoms with Crippen molar-refractivity contribution in [2.75, 3.05) is 5.73 Å². The second-order valence-electron chi connectivity index (χ2n) is 4.04. The first kappa shape index (κ1) is 12.3. The van der Waals surface area contributed by atoms with E-state index in [2.05, 4.69) is 4.98 Å². The fourth-order valence-corrected chi connectivity index (χ4v) is 2.31. The number of benzene rings is 2. The maximum Gasteiger partial charge on any atom is 0.205 e. The normalized spacial score (nSPS) is 11.1. The largest absolute Gasteiger partial charge is 0.369 e. The van der Waals surface area contributed by atoms with Crippen LogP contribution >= 0.6 is 23.2 Å². The number of fused-ring (bicyclic) bond motifs is 1. The lowest BCUT2D eigenvalue weighted by atomic mass is 10.2. The lowest BCUT2D eigenvalue weighted by molar-refractivity contribution is 0.628. The topological polar surface area (TPSA) is 43.8 Å². The van der Waals surface area contributed by atoms with Crippen LogP contribution in [0, 0.1) is 5.82 Å². The molecule has 96 valence electrons. The van der Waals surface area contributed by atoms with Crippen molar-refractivity contribution in [1.82, 2.24) is 9.55 Å². The molecule has 0 amide bonds. The van der Waals surface area contributed by atoms with Crippen LogP contribution in [-0.4, -0.2) is 9.55 Å². The minimum Gasteiger partial charge on any atom is -0.369 e. The third-order valence-electron chi connectivity index (χ3n) is 2.80. The highest BCUT2D eigenvalue weighted by Crippen LogP contribution is 2.27. The van der Waals surface area contributed by atoms with Crippen LogP contribution in [0.4, 0.5) is 10.3 Å². The van der Waals surface area contributed by atoms with Gasteiger partial charge in [-0.15, -0.1) is 0 Å². The highest BCUT2D eigenvalue weighted by Gasteiger charge is 2.11. The first-order valence-electron chi connectivity index (χ1n) is 5.45. The zero-order valence-corrected chi connectivity index (χ0v) is 11.1. The third kappa shape index (κ3) is 2.03. The smallest absolute Gasteiger partial charge is 0.205 e. The minimum atomic E-state index is -0.476. The summed E-state index contributed by atoms with van der Waals surface area (Å²) in [5.41, 5.74) is 8.00. The van der Waals surface area contributed by atoms with Crippen LogP contribution in [0.2, 0.25) is 10.0 Å². The molecular weight excluding hydrogens is 288 g/mol. The summed E-state index contributed by atoms with van der Waals surface area (Å²) >= 11 is 11.7. The van der Waals surface area contributed by atoms with Gasteiger partial charge >= 0.3 is 0 Å². The fourth-order valence-electron chi connectivity index (χ4n) is 1.97. The number of rotatable bonds is 1. The van der Waals surface area contributed by atoms with Gasteiger partial charge in [0.15, 0.2) is 0 Å². The number of hydrogen-bond donors (Lipinski definition) is 1. The number of nitrogens with two attached hydrogens (primary N) is 1. The average molecular weight is 296 g/mol. The predicted molar refractivity (Wildman–Crippen MR) is 75.5 cm³/mol. The van der Waals surface area contributed by atoms with Crippen molar-refractivity contribution in [1.29, 1.82) is 0 Å². The fraction of sp³-hybridized carbons (Fsp3) is 0. The molecule has 0 aliphatic carbocycles. The Balaban J connectivity index is 2.29. The van der Waals surface area contributed by atoms with Gasteiger partial charge in [-0.3, -0.25) is 4.57 Å². The van der Waals surface area contributed by atoms with Gasteiger partial charge in [0.2, 0.25) is 5.95 Å². The minimum absolute atomic E-state index is 0.0349. The molecule has 6 heteroatoms. The molecule has 0 aliphatic rings. The Labute approximate surface area is 118 Å². The summed E-state index contributed by atoms with van der Waals surface area (Å²) in [5, 5.41) is 0.613. The number of hydrogen-bond acceptors (Lipinski definition) is 2. The van der Waals surface area contributed by atoms with E-state index in [1.54, 1.807) is 28.8 Å². The Kier molecular flexibility index (Phi) is 2.84. The summed E-state index contributed by atoms with van der Waals surface area (Å²) in [6.07, 6.45) is 0. The van der Waals surface area contributed by atoms with Crippen LogP contribution in [0.15, 0.2) is 36.4 Å². The van der Waals surface area contributed by atoms with Gasteiger partial charge in [0.1, 0.15) is 5.82 Å². The molecule has 0 radical (unpaired) electrons. The molecule has 2 aromatic carbocycles. The number of nitrogens with zero attached hydrogens (tertiary/aromatic N) is 2. The van der Waals surface area contributed by atoms with Crippen LogP contribution in [0.5, 0.6) is 0 Å². The summed E-state index contributed by atoms with van der Waals surface area (Å²) in [7, 11) is 0. The number of nitrogen functional groups attached to an aromatic ring is 1. The van der Waals surface area contributed by atoms with Gasteiger partial charge < -0.3 is 5.73 Å². The first-order valence-corrected chi connectivity index (χ1v) is 6.21. The molecule has 0 bridgehead atoms. The van der Waals surface area contributed by atoms with Gasteiger partial charge in [0, 0.05) is 5.02 Å². The molecule has 1 heterocycles. The van der Waals surface area contributed by atoms with Gasteiger partial charge in [-0.05, 0) is 36.4 Å². The van der Waals surface area contributed by atoms with E-state index in [4.69, 9.17) is 28.9 Å². The standard InChI is InChI=1S/C13H8Cl2FN3/c14-7-1-4-12-11(5-7)18-13(17)19(12)8-2-3-10(16)9(15)6-8/h1-6H,(H2,17,18). The third-order valence-corrected chi connectivity index (χ3v) is 3.33. The number of halogens is 3. The van der Waals surface area contributed by atoms with Crippen molar-refractivity contribution in [3.63, 3.8) is 0 Å². The molecule has 3 aromatic rings. The summed E-state index contributed by atoms with van der Waals surface area (Å²) in [5.74, 6) is -0.184. The van der Waals surface area contributed by atoms with Gasteiger partial charge in [0.25, 0.3) is 0 Å². The van der Waals surface area contributed by atoms with Crippen LogP contribution in [0.3, 0.4) is 0 Å². The second kappa shape index (κ2) is 4.40. The molecule has 0 saturated heterocycles. The first-order chi connectivity index (χ1) is 9.06. The van der Waals surface area contributed by atoms with Gasteiger partial charge in [-0.25, -0.2) is 9.37 Å². The lowest BCUT2D eigenvalue weighted by Gasteiger charge is -2.07. The Hall–Kier alpha value is -1.78. The van der Waals surface area contributed by atoms with E-state index in [1.165, 1.54) is 12.1 Å². The molecule has 0 fully saturated rings. The molecule has 0 atom stereocenters. The van der Waals surface area contributed by atoms with E-state index in [9.17, 15) is 4.39 Å². The predicted octanol–water partition coefficient (Wildman–Crippen LogP) is 4.05. The van der Waals surface area contributed by atoms with E-state index < -0.39 is 5.82 Å². The van der Waals surface area contributed by atoms with Crippen molar-refractivity contribution in [3.05, 3.63) is 52.3 Å². The van der Waals surface area contributed by atoms with Crippen molar-refractivity contribution in [2.24, 2.45) is 0 Å². The summed E-state index contributed by atoms with van der Waals surface area (Å²) < 4.78 is 14.9. The van der Waals surface area contributed by atoms with Gasteiger partial charge in [-0.1, -0.05) is 23.2 Å². The highest BCUT2D eigenvalue weighted by molar-refractivity contribution is 6.31. The second-order valence-corrected chi connectivity index (χ2v) is 4.88. The molecule has 3 nitrogen and oxygen atoms in total. The SMILES string of the molecule is Nc1nc2cc(Cl)ccc2n1-c1ccc(F)c(Cl)c1. The van der Waals surface area contributed by atoms with Crippen molar-refractivity contribution in [2.45, 2.75) is 0 Å². The summed E-state index contributed by atoms with van der Waals surface area (Å²) in [6.45, 7) is 0. The van der Waals surface area contributed by atoms with Crippen molar-refractivity contribution >= 4 is 40.2 Å². The zero-order valence-electron chi connectivity index (χ0n) is 9.57. The van der Waals surface area contributed by atoms with E-state index >= 15 is 0 Å². The highest BCUT2D eigenvalue weighted by atomic mass is 35.5. The summed E-state index contributed by atoms with van der Waals surface area (Å²) in [6, 6.07) is 9.65. The zero-order chi connectivity index (χ0) is 13.6. The Morgan fingerprint density at radius 2 is 1.89 bits per heavy atom. The van der Waals surface area contributed by atoms with E-state index in [0.717, 1.165) is 5.52 Å². The molecular formula is C13H8Cl2FN3. The molecule has 0 aliphatic heterocycles. The van der Waals surface area contributed by atoms with Crippen LogP contribution in [0.1, 0.15) is 0 Å². The molecule has 1 aromatic heterocycles. The summed E-state index contributed by atoms with van der Waals surface area (Å²) in [4.78, 5) is 4.22. The van der Waals surface area contributed by atoms with E-state index in [1.807, 2.05) is 0 Å². The van der Waals surface area contributed by atoms with Crippen LogP contribution in [0.25, 0.3) is 16.7 Å². The number of imidazole rings is 1. The van der Waals surface area contributed by atoms with E-state index in [-0.39, 0.29) is 5.02 Å². The maximum atomic E-state index is 13.2. The number of anilines is 1. The maximum absolute atomic E-state index is 13.2. The monoisotopic (exact) mass is 295 g/mol. The molecule has 0 unspecified atom stereocenters. The van der Waals surface area contributed by atoms with Crippen LogP contribution < -0.4 is 5.73 Å². The molecule has 2 N–H and O–H groups in total. The Morgan fingerprint density at radius 3 is 2.63 bits per heavy atom. The van der Waals surface area contributed by atoms with Crippen molar-refractivity contribution in [3.8, 4) is 5.69 Å². The average Bonchev–Trinajstić information content (AvgIpc) is 2.68.